The monoisotopic (exact) mass is 274 g/mol. The lowest BCUT2D eigenvalue weighted by molar-refractivity contribution is 0.0892. The lowest BCUT2D eigenvalue weighted by Gasteiger charge is -2.12. The van der Waals surface area contributed by atoms with Crippen LogP contribution in [-0.2, 0) is 6.54 Å². The molecule has 0 aliphatic rings. The van der Waals surface area contributed by atoms with Crippen LogP contribution in [0.25, 0.3) is 0 Å². The summed E-state index contributed by atoms with van der Waals surface area (Å²) in [5, 5.41) is 13.8. The van der Waals surface area contributed by atoms with E-state index in [1.165, 1.54) is 0 Å². The fourth-order valence-electron chi connectivity index (χ4n) is 1.81. The van der Waals surface area contributed by atoms with Gasteiger partial charge in [-0.1, -0.05) is 6.92 Å². The second-order valence-corrected chi connectivity index (χ2v) is 4.49. The number of hydrogen-bond acceptors (Lipinski definition) is 4. The van der Waals surface area contributed by atoms with Crippen molar-refractivity contribution < 1.29 is 14.6 Å². The number of Topliss-reactive ketones (excluding diaryl/α,β-unsaturated/α-hetero) is 1. The molecule has 0 unspecified atom stereocenters. The highest BCUT2D eigenvalue weighted by molar-refractivity contribution is 5.95. The summed E-state index contributed by atoms with van der Waals surface area (Å²) in [4.78, 5) is 11.5. The number of carbonyl (C=O) groups is 1. The van der Waals surface area contributed by atoms with Crippen molar-refractivity contribution in [3.63, 3.8) is 0 Å². The number of nitrogens with zero attached hydrogens (tertiary/aromatic N) is 2. The van der Waals surface area contributed by atoms with Crippen LogP contribution < -0.4 is 4.74 Å². The summed E-state index contributed by atoms with van der Waals surface area (Å²) in [6.45, 7) is 2.40. The molecule has 0 saturated carbocycles. The van der Waals surface area contributed by atoms with Gasteiger partial charge in [-0.15, -0.1) is 0 Å². The van der Waals surface area contributed by atoms with Crippen LogP contribution in [0, 0.1) is 0 Å². The minimum Gasteiger partial charge on any atom is -0.491 e. The molecule has 2 aromatic rings. The Morgan fingerprint density at radius 3 is 2.75 bits per heavy atom. The van der Waals surface area contributed by atoms with Crippen LogP contribution in [-0.4, -0.2) is 33.4 Å². The molecule has 0 amide bonds. The van der Waals surface area contributed by atoms with Crippen LogP contribution in [0.3, 0.4) is 0 Å². The van der Waals surface area contributed by atoms with Crippen molar-refractivity contribution in [1.29, 1.82) is 0 Å². The highest BCUT2D eigenvalue weighted by atomic mass is 16.5. The zero-order chi connectivity index (χ0) is 14.4. The molecule has 0 aliphatic carbocycles. The number of benzene rings is 1. The minimum atomic E-state index is -0.633. The van der Waals surface area contributed by atoms with Crippen LogP contribution in [0.2, 0.25) is 0 Å². The third-order valence-corrected chi connectivity index (χ3v) is 2.90. The molecule has 5 nitrogen and oxygen atoms in total. The summed E-state index contributed by atoms with van der Waals surface area (Å²) < 4.78 is 7.13. The molecule has 0 spiro atoms. The average Bonchev–Trinajstić information content (AvgIpc) is 2.97. The van der Waals surface area contributed by atoms with Gasteiger partial charge in [-0.05, 0) is 30.3 Å². The molecule has 1 N–H and O–H groups in total. The highest BCUT2D eigenvalue weighted by Crippen LogP contribution is 2.13. The van der Waals surface area contributed by atoms with Crippen molar-refractivity contribution >= 4 is 5.78 Å². The van der Waals surface area contributed by atoms with Gasteiger partial charge >= 0.3 is 0 Å². The third kappa shape index (κ3) is 3.93. The molecule has 1 heterocycles. The quantitative estimate of drug-likeness (QED) is 0.783. The summed E-state index contributed by atoms with van der Waals surface area (Å²) in [6.07, 6.45) is 3.31. The number of hydrogen-bond donors (Lipinski definition) is 1. The predicted molar refractivity (Wildman–Crippen MR) is 74.8 cm³/mol. The number of aliphatic hydroxyl groups is 1. The third-order valence-electron chi connectivity index (χ3n) is 2.90. The standard InChI is InChI=1S/C15H18N2O3/c1-2-15(19)12-4-6-14(7-5-12)20-11-13(18)10-17-9-3-8-16-17/h3-9,13,18H,2,10-11H2,1H3/t13-/m1/s1. The van der Waals surface area contributed by atoms with E-state index in [4.69, 9.17) is 4.74 Å². The maximum atomic E-state index is 11.5. The van der Waals surface area contributed by atoms with Gasteiger partial charge in [0, 0.05) is 24.4 Å². The first kappa shape index (κ1) is 14.3. The number of carbonyl (C=O) groups excluding carboxylic acids is 1. The molecule has 0 radical (unpaired) electrons. The van der Waals surface area contributed by atoms with Crippen molar-refractivity contribution in [2.24, 2.45) is 0 Å². The van der Waals surface area contributed by atoms with Crippen LogP contribution in [0.1, 0.15) is 23.7 Å². The molecule has 106 valence electrons. The molecule has 5 heteroatoms. The molecule has 20 heavy (non-hydrogen) atoms. The van der Waals surface area contributed by atoms with Crippen LogP contribution >= 0.6 is 0 Å². The van der Waals surface area contributed by atoms with Crippen molar-refractivity contribution in [3.05, 3.63) is 48.3 Å². The van der Waals surface area contributed by atoms with E-state index < -0.39 is 6.10 Å². The largest absolute Gasteiger partial charge is 0.491 e. The average molecular weight is 274 g/mol. The molecule has 0 bridgehead atoms. The van der Waals surface area contributed by atoms with Crippen LogP contribution in [0.15, 0.2) is 42.7 Å². The van der Waals surface area contributed by atoms with Gasteiger partial charge in [0.1, 0.15) is 18.5 Å². The molecule has 1 aromatic carbocycles. The zero-order valence-electron chi connectivity index (χ0n) is 11.4. The second-order valence-electron chi connectivity index (χ2n) is 4.49. The molecule has 1 aromatic heterocycles. The fourth-order valence-corrected chi connectivity index (χ4v) is 1.81. The smallest absolute Gasteiger partial charge is 0.162 e. The summed E-state index contributed by atoms with van der Waals surface area (Å²) in [5.74, 6) is 0.743. The maximum absolute atomic E-state index is 11.5. The summed E-state index contributed by atoms with van der Waals surface area (Å²) in [6, 6.07) is 8.76. The summed E-state index contributed by atoms with van der Waals surface area (Å²) in [5.41, 5.74) is 0.678. The summed E-state index contributed by atoms with van der Waals surface area (Å²) >= 11 is 0. The molecule has 0 saturated heterocycles. The minimum absolute atomic E-state index is 0.107. The van der Waals surface area contributed by atoms with Crippen LogP contribution in [0.4, 0.5) is 0 Å². The zero-order valence-corrected chi connectivity index (χ0v) is 11.4. The SMILES string of the molecule is CCC(=O)c1ccc(OC[C@H](O)Cn2cccn2)cc1. The predicted octanol–water partition coefficient (Wildman–Crippen LogP) is 1.92. The van der Waals surface area contributed by atoms with Crippen molar-refractivity contribution in [1.82, 2.24) is 9.78 Å². The Morgan fingerprint density at radius 1 is 1.40 bits per heavy atom. The second kappa shape index (κ2) is 6.86. The van der Waals surface area contributed by atoms with Crippen molar-refractivity contribution in [2.45, 2.75) is 26.0 Å². The first-order valence-electron chi connectivity index (χ1n) is 6.60. The molecule has 1 atom stereocenters. The van der Waals surface area contributed by atoms with Gasteiger partial charge in [-0.25, -0.2) is 0 Å². The van der Waals surface area contributed by atoms with Crippen LogP contribution in [0.5, 0.6) is 5.75 Å². The topological polar surface area (TPSA) is 64.3 Å². The van der Waals surface area contributed by atoms with E-state index in [2.05, 4.69) is 5.10 Å². The van der Waals surface area contributed by atoms with E-state index in [1.807, 2.05) is 6.92 Å². The van der Waals surface area contributed by atoms with Crippen molar-refractivity contribution in [2.75, 3.05) is 6.61 Å². The van der Waals surface area contributed by atoms with Gasteiger partial charge in [0.2, 0.25) is 0 Å². The first-order chi connectivity index (χ1) is 9.69. The van der Waals surface area contributed by atoms with E-state index in [-0.39, 0.29) is 12.4 Å². The van der Waals surface area contributed by atoms with E-state index in [0.717, 1.165) is 0 Å². The molecular weight excluding hydrogens is 256 g/mol. The van der Waals surface area contributed by atoms with Gasteiger partial charge < -0.3 is 9.84 Å². The number of aromatic nitrogens is 2. The highest BCUT2D eigenvalue weighted by Gasteiger charge is 2.07. The van der Waals surface area contributed by atoms with Gasteiger partial charge in [-0.3, -0.25) is 9.48 Å². The Morgan fingerprint density at radius 2 is 2.15 bits per heavy atom. The van der Waals surface area contributed by atoms with E-state index >= 15 is 0 Å². The van der Waals surface area contributed by atoms with Gasteiger partial charge in [0.25, 0.3) is 0 Å². The lowest BCUT2D eigenvalue weighted by atomic mass is 10.1. The Bertz CT molecular complexity index is 535. The van der Waals surface area contributed by atoms with E-state index in [1.54, 1.807) is 47.4 Å². The lowest BCUT2D eigenvalue weighted by Crippen LogP contribution is -2.23. The van der Waals surface area contributed by atoms with Gasteiger partial charge in [-0.2, -0.15) is 5.10 Å². The number of ether oxygens (including phenoxy) is 1. The Balaban J connectivity index is 1.83. The Hall–Kier alpha value is -2.14. The Kier molecular flexibility index (Phi) is 4.90. The molecular formula is C15H18N2O3. The Labute approximate surface area is 117 Å². The van der Waals surface area contributed by atoms with Gasteiger partial charge in [0.05, 0.1) is 6.54 Å². The number of ketones is 1. The normalized spacial score (nSPS) is 12.1. The van der Waals surface area contributed by atoms with Crippen molar-refractivity contribution in [3.8, 4) is 5.75 Å². The molecule has 0 aliphatic heterocycles. The maximum Gasteiger partial charge on any atom is 0.162 e. The summed E-state index contributed by atoms with van der Waals surface area (Å²) in [7, 11) is 0. The molecule has 2 rings (SSSR count). The fraction of sp³-hybridized carbons (Fsp3) is 0.333. The number of rotatable bonds is 7. The first-order valence-corrected chi connectivity index (χ1v) is 6.60. The van der Waals surface area contributed by atoms with Gasteiger partial charge in [0.15, 0.2) is 5.78 Å². The van der Waals surface area contributed by atoms with E-state index in [9.17, 15) is 9.90 Å². The van der Waals surface area contributed by atoms with E-state index in [0.29, 0.717) is 24.3 Å². The molecule has 0 fully saturated rings. The number of aliphatic hydroxyl groups excluding tert-OH is 1.